The topological polar surface area (TPSA) is 270 Å². The summed E-state index contributed by atoms with van der Waals surface area (Å²) in [5.41, 5.74) is -2.66. The molecule has 24 nitrogen and oxygen atoms in total. The average molecular weight is 1500 g/mol. The van der Waals surface area contributed by atoms with Crippen LogP contribution in [0.15, 0.2) is 42.5 Å². The Kier molecular flexibility index (Phi) is 29.4. The number of hydrogen-bond acceptors (Lipinski definition) is 12. The predicted octanol–water partition coefficient (Wildman–Crippen LogP) is 6.86. The minimum Gasteiger partial charge on any atom is -0.347 e. The van der Waals surface area contributed by atoms with Crippen LogP contribution in [0.4, 0.5) is 17.6 Å². The average Bonchev–Trinajstić information content (AvgIpc) is 1.77. The Labute approximate surface area is 620 Å². The van der Waals surface area contributed by atoms with Gasteiger partial charge in [-0.15, -0.1) is 0 Å². The summed E-state index contributed by atoms with van der Waals surface area (Å²) in [7, 11) is 12.6. The Balaban J connectivity index is 1.34. The van der Waals surface area contributed by atoms with E-state index >= 15 is 28.4 Å². The van der Waals surface area contributed by atoms with Gasteiger partial charge >= 0.3 is 6.18 Å². The summed E-state index contributed by atoms with van der Waals surface area (Å²) in [4.78, 5) is 192. The van der Waals surface area contributed by atoms with Gasteiger partial charge in [0, 0.05) is 76.4 Å². The summed E-state index contributed by atoms with van der Waals surface area (Å²) in [5.74, 6) is -10.6. The van der Waals surface area contributed by atoms with E-state index in [1.165, 1.54) is 124 Å². The highest BCUT2D eigenvalue weighted by Gasteiger charge is 2.52. The number of likely N-dealkylation sites (N-methyl/N-ethyl adjacent to an activating group) is 8. The van der Waals surface area contributed by atoms with Crippen LogP contribution in [0.3, 0.4) is 0 Å². The van der Waals surface area contributed by atoms with Crippen molar-refractivity contribution in [2.24, 2.45) is 23.7 Å². The summed E-state index contributed by atoms with van der Waals surface area (Å²) < 4.78 is 58.0. The molecule has 2 aromatic carbocycles. The molecule has 5 aliphatic rings. The summed E-state index contributed by atoms with van der Waals surface area (Å²) in [6, 6.07) is -3.37. The number of nitrogens with one attached hydrogen (secondary N) is 3. The zero-order valence-corrected chi connectivity index (χ0v) is 64.4. The molecular weight excluding hydrogens is 1380 g/mol. The molecular formula is C76H111ClF4N12O12. The van der Waals surface area contributed by atoms with E-state index < -0.39 is 185 Å². The standard InChI is InChI=1S/C76H111ClF4N12O12/c1-15-46(4)63-72(103)87(9)47(5)67(98)93-38-35-56(93)71(102)90(12)59(41-48-25-17-16-18-26-48)70(101)86(8)44-61(94)82-55(34-32-49-31-33-52(53(77)40-49)76(79,80)81)68(99)89(11)58(42-51-29-21-22-30-54(51)78)66(97)84-75(36-23-24-37-75)74(105)92(14)64(50-27-19-20-28-50)73(104)91(13)60(69(100)85(6)7)43-62(95)88(10)57(39-45(2)3)65(96)83-63/h21-22,29-31,33,40,45-48,50,55-60,63-64H,15-20,23-28,32,34-39,41-44H2,1-14H3,(H,82,94)(H,83,96)(H,84,97)/t46-,47-,55-,56-,57-,58-,59-,60-,63-,64-/m0/s1. The number of benzene rings is 2. The zero-order chi connectivity index (χ0) is 77.9. The predicted molar refractivity (Wildman–Crippen MR) is 386 cm³/mol. The highest BCUT2D eigenvalue weighted by molar-refractivity contribution is 6.31. The van der Waals surface area contributed by atoms with E-state index in [2.05, 4.69) is 16.0 Å². The van der Waals surface area contributed by atoms with Crippen LogP contribution in [0.5, 0.6) is 0 Å². The SMILES string of the molecule is CC[C@H](C)[C@@H]1NC(=O)[C@H](CC(C)C)N(C)C(=O)C[C@@H](C(=O)N(C)C)N(C)C(=O)[C@H](C2CCCC2)N(C)C(=O)C2(CCCC2)NC(=O)[C@H](Cc2ccccc2F)N(C)C(=O)[C@H](CCc2ccc(C(F)(F)F)c(Cl)c2)NC(=O)CN(C)C(=O)[C@H](CC2CCCCC2)N(C)C(=O)[C@@H]2CCN2C(=O)[C@H](C)N(C)C1=O. The zero-order valence-electron chi connectivity index (χ0n) is 63.6. The smallest absolute Gasteiger partial charge is 0.347 e. The lowest BCUT2D eigenvalue weighted by Crippen LogP contribution is -2.65. The number of alkyl halides is 3. The first-order chi connectivity index (χ1) is 49.3. The van der Waals surface area contributed by atoms with E-state index in [0.717, 1.165) is 65.0 Å². The molecule has 0 bridgehead atoms. The number of amides is 12. The van der Waals surface area contributed by atoms with Gasteiger partial charge in [-0.1, -0.05) is 128 Å². The fraction of sp³-hybridized carbons (Fsp3) is 0.684. The monoisotopic (exact) mass is 1490 g/mol. The van der Waals surface area contributed by atoms with Crippen LogP contribution in [-0.4, -0.2) is 251 Å². The number of aryl methyl sites for hydroxylation is 1. The van der Waals surface area contributed by atoms with Crippen LogP contribution >= 0.6 is 11.6 Å². The van der Waals surface area contributed by atoms with Crippen molar-refractivity contribution in [3.63, 3.8) is 0 Å². The second-order valence-electron chi connectivity index (χ2n) is 30.7. The van der Waals surface area contributed by atoms with Crippen molar-refractivity contribution in [3.8, 4) is 0 Å². The van der Waals surface area contributed by atoms with Crippen molar-refractivity contribution < 1.29 is 75.1 Å². The third-order valence-corrected chi connectivity index (χ3v) is 23.1. The van der Waals surface area contributed by atoms with Gasteiger partial charge in [-0.2, -0.15) is 13.2 Å². The van der Waals surface area contributed by atoms with E-state index in [9.17, 15) is 46.7 Å². The lowest BCUT2D eigenvalue weighted by molar-refractivity contribution is -0.160. The Morgan fingerprint density at radius 2 is 1.30 bits per heavy atom. The maximum absolute atomic E-state index is 16.0. The van der Waals surface area contributed by atoms with Gasteiger partial charge in [0.05, 0.1) is 23.6 Å². The quantitative estimate of drug-likeness (QED) is 0.174. The van der Waals surface area contributed by atoms with Gasteiger partial charge in [0.1, 0.15) is 65.7 Å². The fourth-order valence-electron chi connectivity index (χ4n) is 15.7. The van der Waals surface area contributed by atoms with E-state index in [1.807, 2.05) is 20.8 Å². The molecule has 1 spiro atoms. The molecule has 3 saturated carbocycles. The van der Waals surface area contributed by atoms with Crippen molar-refractivity contribution in [1.82, 2.24) is 60.0 Å². The number of hydrogen-bond donors (Lipinski definition) is 3. The van der Waals surface area contributed by atoms with Crippen LogP contribution in [0.1, 0.15) is 173 Å². The van der Waals surface area contributed by atoms with Crippen molar-refractivity contribution >= 4 is 82.5 Å². The molecule has 2 aliphatic heterocycles. The molecule has 12 amide bonds. The van der Waals surface area contributed by atoms with Crippen molar-refractivity contribution in [2.75, 3.05) is 76.5 Å². The van der Waals surface area contributed by atoms with Gasteiger partial charge < -0.3 is 60.0 Å². The van der Waals surface area contributed by atoms with E-state index in [4.69, 9.17) is 11.6 Å². The Morgan fingerprint density at radius 3 is 1.87 bits per heavy atom. The van der Waals surface area contributed by atoms with Gasteiger partial charge in [0.25, 0.3) is 0 Å². The molecule has 10 atom stereocenters. The number of fused-ring (bicyclic) bond motifs is 1. The minimum atomic E-state index is -4.81. The normalized spacial score (nSPS) is 26.5. The van der Waals surface area contributed by atoms with Gasteiger partial charge in [0.2, 0.25) is 70.9 Å². The summed E-state index contributed by atoms with van der Waals surface area (Å²) in [6.45, 7) is 8.20. The number of carbonyl (C=O) groups excluding carboxylic acids is 12. The largest absolute Gasteiger partial charge is 0.417 e. The highest BCUT2D eigenvalue weighted by Crippen LogP contribution is 2.39. The van der Waals surface area contributed by atoms with Crippen molar-refractivity contribution in [2.45, 2.75) is 236 Å². The van der Waals surface area contributed by atoms with Gasteiger partial charge in [-0.05, 0) is 118 Å². The summed E-state index contributed by atoms with van der Waals surface area (Å²) in [6.07, 6.45) is 1.91. The second kappa shape index (κ2) is 36.6. The molecule has 0 radical (unpaired) electrons. The third kappa shape index (κ3) is 20.2. The molecule has 2 saturated heterocycles. The first-order valence-corrected chi connectivity index (χ1v) is 37.6. The number of rotatable bonds is 13. The van der Waals surface area contributed by atoms with Gasteiger partial charge in [-0.25, -0.2) is 4.39 Å². The lowest BCUT2D eigenvalue weighted by atomic mass is 9.84. The molecule has 2 heterocycles. The van der Waals surface area contributed by atoms with Crippen LogP contribution in [0.25, 0.3) is 0 Å². The van der Waals surface area contributed by atoms with E-state index in [1.54, 1.807) is 6.92 Å². The van der Waals surface area contributed by atoms with Gasteiger partial charge in [-0.3, -0.25) is 57.5 Å². The lowest BCUT2D eigenvalue weighted by Gasteiger charge is -2.45. The minimum absolute atomic E-state index is 0.0187. The number of nitrogens with zero attached hydrogens (tertiary/aromatic N) is 9. The Hall–Kier alpha value is -7.91. The van der Waals surface area contributed by atoms with Crippen molar-refractivity contribution in [3.05, 3.63) is 70.0 Å². The van der Waals surface area contributed by atoms with Crippen LogP contribution in [-0.2, 0) is 76.6 Å². The Bertz CT molecular complexity index is 3490. The van der Waals surface area contributed by atoms with Gasteiger partial charge in [0.15, 0.2) is 0 Å². The number of carbonyl (C=O) groups is 12. The third-order valence-electron chi connectivity index (χ3n) is 22.8. The molecule has 29 heteroatoms. The van der Waals surface area contributed by atoms with Crippen LogP contribution < -0.4 is 16.0 Å². The molecule has 105 heavy (non-hydrogen) atoms. The highest BCUT2D eigenvalue weighted by atomic mass is 35.5. The van der Waals surface area contributed by atoms with Crippen LogP contribution in [0.2, 0.25) is 5.02 Å². The van der Waals surface area contributed by atoms with E-state index in [-0.39, 0.29) is 74.5 Å². The maximum Gasteiger partial charge on any atom is 0.417 e. The molecule has 5 fully saturated rings. The Morgan fingerprint density at radius 1 is 0.676 bits per heavy atom. The molecule has 582 valence electrons. The van der Waals surface area contributed by atoms with E-state index in [0.29, 0.717) is 44.9 Å². The first-order valence-electron chi connectivity index (χ1n) is 37.2. The van der Waals surface area contributed by atoms with Crippen molar-refractivity contribution in [1.29, 1.82) is 0 Å². The van der Waals surface area contributed by atoms with Crippen LogP contribution in [0, 0.1) is 29.5 Å². The maximum atomic E-state index is 16.0. The second-order valence-corrected chi connectivity index (χ2v) is 31.1. The molecule has 0 aromatic heterocycles. The first kappa shape index (κ1) is 84.4. The number of halogens is 5. The molecule has 3 aliphatic carbocycles. The molecule has 2 aromatic rings. The molecule has 0 unspecified atom stereocenters. The molecule has 3 N–H and O–H groups in total. The fourth-order valence-corrected chi connectivity index (χ4v) is 16.0. The summed E-state index contributed by atoms with van der Waals surface area (Å²) in [5, 5.41) is 7.98. The summed E-state index contributed by atoms with van der Waals surface area (Å²) >= 11 is 6.19. The molecule has 7 rings (SSSR count).